The molecule has 0 heterocycles. The van der Waals surface area contributed by atoms with E-state index in [9.17, 15) is 10.2 Å². The molecule has 2 unspecified atom stereocenters. The SMILES string of the molecule is CCCCCCCCCCCCCCCC[N+](C)(C)CC(O)CO.CCCCCCCCCCCCCCCC[N+](C)(C)CC(O)CO.O=S(=O)([O-])[O-]. The summed E-state index contributed by atoms with van der Waals surface area (Å²) in [7, 11) is 3.39. The van der Waals surface area contributed by atoms with Gasteiger partial charge in [0.1, 0.15) is 25.3 Å². The van der Waals surface area contributed by atoms with Crippen LogP contribution in [0.3, 0.4) is 0 Å². The first-order chi connectivity index (χ1) is 25.0. The number of hydrogen-bond donors (Lipinski definition) is 4. The minimum absolute atomic E-state index is 0.125. The number of likely N-dealkylation sites (N-methyl/N-ethyl adjacent to an activating group) is 2. The van der Waals surface area contributed by atoms with Crippen LogP contribution in [0.5, 0.6) is 0 Å². The Morgan fingerprint density at radius 1 is 0.415 bits per heavy atom. The minimum Gasteiger partial charge on any atom is -0.759 e. The summed E-state index contributed by atoms with van der Waals surface area (Å²) < 4.78 is 35.7. The van der Waals surface area contributed by atoms with E-state index in [0.29, 0.717) is 13.1 Å². The summed E-state index contributed by atoms with van der Waals surface area (Å²) in [4.78, 5) is 0. The maximum absolute atomic E-state index is 9.54. The van der Waals surface area contributed by atoms with Crippen molar-refractivity contribution in [1.29, 1.82) is 0 Å². The van der Waals surface area contributed by atoms with Crippen molar-refractivity contribution < 1.29 is 46.9 Å². The predicted molar refractivity (Wildman–Crippen MR) is 221 cm³/mol. The van der Waals surface area contributed by atoms with Gasteiger partial charge in [-0.1, -0.05) is 168 Å². The van der Waals surface area contributed by atoms with Crippen LogP contribution in [0.15, 0.2) is 0 Å². The fraction of sp³-hybridized carbons (Fsp3) is 1.00. The minimum atomic E-state index is -5.17. The molecule has 0 spiro atoms. The van der Waals surface area contributed by atoms with Crippen molar-refractivity contribution in [2.75, 3.05) is 67.6 Å². The summed E-state index contributed by atoms with van der Waals surface area (Å²) >= 11 is 0. The standard InChI is InChI=1S/2C21H46NO2.H2O4S/c2*1-4-5-6-7-8-9-10-11-12-13-14-15-16-17-18-22(2,3)19-21(24)20-23;1-5(2,3)4/h2*21,23-24H,4-20H2,1-3H3;(H2,1,2,3,4)/q2*+1;/p-2. The van der Waals surface area contributed by atoms with Gasteiger partial charge < -0.3 is 38.5 Å². The Balaban J connectivity index is -0.000000835. The van der Waals surface area contributed by atoms with Gasteiger partial charge in [0, 0.05) is 10.4 Å². The smallest absolute Gasteiger partial charge is 0.126 e. The van der Waals surface area contributed by atoms with Crippen molar-refractivity contribution in [1.82, 2.24) is 0 Å². The van der Waals surface area contributed by atoms with Crippen molar-refractivity contribution in [3.05, 3.63) is 0 Å². The molecule has 4 N–H and O–H groups in total. The van der Waals surface area contributed by atoms with E-state index in [1.807, 2.05) is 0 Å². The highest BCUT2D eigenvalue weighted by Crippen LogP contribution is 2.15. The van der Waals surface area contributed by atoms with Crippen LogP contribution >= 0.6 is 0 Å². The molecule has 0 amide bonds. The molecular formula is C42H92N2O8S. The Morgan fingerprint density at radius 3 is 0.755 bits per heavy atom. The molecule has 11 heteroatoms. The lowest BCUT2D eigenvalue weighted by molar-refractivity contribution is -0.893. The fourth-order valence-corrected chi connectivity index (χ4v) is 6.91. The zero-order valence-corrected chi connectivity index (χ0v) is 36.7. The van der Waals surface area contributed by atoms with Crippen molar-refractivity contribution in [2.45, 2.75) is 206 Å². The molecule has 0 radical (unpaired) electrons. The van der Waals surface area contributed by atoms with Crippen LogP contribution in [0.4, 0.5) is 0 Å². The number of quaternary nitrogens is 2. The molecule has 0 saturated heterocycles. The molecule has 0 aromatic heterocycles. The Labute approximate surface area is 329 Å². The predicted octanol–water partition coefficient (Wildman–Crippen LogP) is 8.46. The zero-order valence-electron chi connectivity index (χ0n) is 35.9. The third kappa shape index (κ3) is 56.1. The van der Waals surface area contributed by atoms with Crippen molar-refractivity contribution in [3.63, 3.8) is 0 Å². The van der Waals surface area contributed by atoms with Gasteiger partial charge in [-0.05, 0) is 25.7 Å². The molecule has 0 aliphatic rings. The first-order valence-corrected chi connectivity index (χ1v) is 23.2. The summed E-state index contributed by atoms with van der Waals surface area (Å²) in [5, 5.41) is 37.0. The highest BCUT2D eigenvalue weighted by Gasteiger charge is 2.20. The van der Waals surface area contributed by atoms with E-state index in [0.717, 1.165) is 22.1 Å². The topological polar surface area (TPSA) is 161 Å². The molecule has 324 valence electrons. The van der Waals surface area contributed by atoms with Gasteiger partial charge in [-0.15, -0.1) is 0 Å². The second kappa shape index (κ2) is 39.8. The average molecular weight is 785 g/mol. The lowest BCUT2D eigenvalue weighted by Gasteiger charge is -2.31. The van der Waals surface area contributed by atoms with Crippen LogP contribution in [0.1, 0.15) is 194 Å². The van der Waals surface area contributed by atoms with E-state index < -0.39 is 22.6 Å². The van der Waals surface area contributed by atoms with Crippen LogP contribution in [0.2, 0.25) is 0 Å². The summed E-state index contributed by atoms with van der Waals surface area (Å²) in [5.41, 5.74) is 0. The largest absolute Gasteiger partial charge is 0.759 e. The van der Waals surface area contributed by atoms with Gasteiger partial charge in [0.05, 0.1) is 54.5 Å². The van der Waals surface area contributed by atoms with Crippen LogP contribution in [-0.2, 0) is 10.4 Å². The second-order valence-corrected chi connectivity index (χ2v) is 17.8. The number of unbranched alkanes of at least 4 members (excludes halogenated alkanes) is 26. The van der Waals surface area contributed by atoms with Gasteiger partial charge >= 0.3 is 0 Å². The van der Waals surface area contributed by atoms with Crippen LogP contribution < -0.4 is 0 Å². The quantitative estimate of drug-likeness (QED) is 0.0213. The maximum atomic E-state index is 9.54. The van der Waals surface area contributed by atoms with Crippen LogP contribution in [0, 0.1) is 0 Å². The molecule has 0 aromatic rings. The number of nitrogens with zero attached hydrogens (tertiary/aromatic N) is 2. The van der Waals surface area contributed by atoms with Crippen molar-refractivity contribution in [2.24, 2.45) is 0 Å². The van der Waals surface area contributed by atoms with Gasteiger partial charge in [0.25, 0.3) is 0 Å². The Bertz CT molecular complexity index is 770. The Kier molecular flexibility index (Phi) is 42.8. The van der Waals surface area contributed by atoms with Crippen molar-refractivity contribution >= 4 is 10.4 Å². The summed E-state index contributed by atoms with van der Waals surface area (Å²) in [6.07, 6.45) is 37.8. The highest BCUT2D eigenvalue weighted by molar-refractivity contribution is 7.79. The van der Waals surface area contributed by atoms with Gasteiger partial charge in [-0.25, -0.2) is 0 Å². The molecule has 0 fully saturated rings. The highest BCUT2D eigenvalue weighted by atomic mass is 32.3. The fourth-order valence-electron chi connectivity index (χ4n) is 6.91. The van der Waals surface area contributed by atoms with Gasteiger partial charge in [0.15, 0.2) is 0 Å². The monoisotopic (exact) mass is 785 g/mol. The molecule has 0 rings (SSSR count). The van der Waals surface area contributed by atoms with Crippen molar-refractivity contribution in [3.8, 4) is 0 Å². The van der Waals surface area contributed by atoms with Gasteiger partial charge in [0.2, 0.25) is 0 Å². The second-order valence-electron chi connectivity index (χ2n) is 17.0. The zero-order chi connectivity index (χ0) is 40.7. The molecule has 0 aliphatic carbocycles. The normalized spacial score (nSPS) is 13.2. The third-order valence-electron chi connectivity index (χ3n) is 10.1. The van der Waals surface area contributed by atoms with E-state index in [2.05, 4.69) is 42.0 Å². The Hall–Kier alpha value is -0.370. The molecule has 0 saturated carbocycles. The molecule has 53 heavy (non-hydrogen) atoms. The van der Waals surface area contributed by atoms with E-state index >= 15 is 0 Å². The number of hydrogen-bond acceptors (Lipinski definition) is 8. The van der Waals surface area contributed by atoms with Crippen LogP contribution in [-0.4, -0.2) is 127 Å². The summed E-state index contributed by atoms with van der Waals surface area (Å²) in [6.45, 7) is 7.79. The lowest BCUT2D eigenvalue weighted by Crippen LogP contribution is -2.46. The maximum Gasteiger partial charge on any atom is 0.126 e. The molecule has 0 aliphatic heterocycles. The summed E-state index contributed by atoms with van der Waals surface area (Å²) in [5.74, 6) is 0. The summed E-state index contributed by atoms with van der Waals surface area (Å²) in [6, 6.07) is 0. The molecular weight excluding hydrogens is 693 g/mol. The Morgan fingerprint density at radius 2 is 0.585 bits per heavy atom. The lowest BCUT2D eigenvalue weighted by atomic mass is 10.0. The third-order valence-corrected chi connectivity index (χ3v) is 10.1. The molecule has 2 atom stereocenters. The number of aliphatic hydroxyl groups is 4. The van der Waals surface area contributed by atoms with E-state index in [1.54, 1.807) is 0 Å². The van der Waals surface area contributed by atoms with E-state index in [4.69, 9.17) is 27.7 Å². The molecule has 0 bridgehead atoms. The van der Waals surface area contributed by atoms with Gasteiger partial charge in [-0.2, -0.15) is 0 Å². The van der Waals surface area contributed by atoms with E-state index in [1.165, 1.54) is 180 Å². The van der Waals surface area contributed by atoms with E-state index in [-0.39, 0.29) is 13.2 Å². The van der Waals surface area contributed by atoms with Crippen LogP contribution in [0.25, 0.3) is 0 Å². The molecule has 10 nitrogen and oxygen atoms in total. The number of aliphatic hydroxyl groups excluding tert-OH is 4. The van der Waals surface area contributed by atoms with Gasteiger partial charge in [-0.3, -0.25) is 8.42 Å². The number of rotatable bonds is 36. The average Bonchev–Trinajstić information content (AvgIpc) is 3.07. The first kappa shape index (κ1) is 57.0. The first-order valence-electron chi connectivity index (χ1n) is 21.9. The molecule has 0 aromatic carbocycles.